The average molecular weight is 262 g/mol. The Morgan fingerprint density at radius 3 is 2.37 bits per heavy atom. The molecule has 0 aliphatic carbocycles. The van der Waals surface area contributed by atoms with Crippen molar-refractivity contribution in [2.75, 3.05) is 5.32 Å². The van der Waals surface area contributed by atoms with E-state index in [1.54, 1.807) is 24.3 Å². The summed E-state index contributed by atoms with van der Waals surface area (Å²) in [6.07, 6.45) is -0.120. The fourth-order valence-electron chi connectivity index (χ4n) is 1.44. The lowest BCUT2D eigenvalue weighted by Crippen LogP contribution is -2.43. The molecule has 0 heterocycles. The van der Waals surface area contributed by atoms with Crippen molar-refractivity contribution in [1.82, 2.24) is 0 Å². The van der Waals surface area contributed by atoms with Crippen LogP contribution in [0.3, 0.4) is 0 Å². The molecule has 0 bridgehead atoms. The number of aliphatic carboxylic acids is 1. The maximum Gasteiger partial charge on any atom is 0.320 e. The third-order valence-corrected chi connectivity index (χ3v) is 2.51. The maximum absolute atomic E-state index is 11.2. The molecular formula is C12H14N4O3. The van der Waals surface area contributed by atoms with Crippen molar-refractivity contribution in [1.29, 1.82) is 5.26 Å². The van der Waals surface area contributed by atoms with Crippen molar-refractivity contribution >= 4 is 17.6 Å². The first-order chi connectivity index (χ1) is 8.93. The molecular weight excluding hydrogens is 248 g/mol. The number of primary amides is 1. The number of carboxylic acid groups (broad SMARTS) is 1. The van der Waals surface area contributed by atoms with E-state index < -0.39 is 24.0 Å². The van der Waals surface area contributed by atoms with Crippen LogP contribution in [-0.2, 0) is 9.59 Å². The summed E-state index contributed by atoms with van der Waals surface area (Å²) in [4.78, 5) is 21.9. The highest BCUT2D eigenvalue weighted by Crippen LogP contribution is 2.12. The normalized spacial score (nSPS) is 13.1. The summed E-state index contributed by atoms with van der Waals surface area (Å²) in [5, 5.41) is 20.1. The molecule has 1 rings (SSSR count). The van der Waals surface area contributed by atoms with Crippen molar-refractivity contribution < 1.29 is 14.7 Å². The van der Waals surface area contributed by atoms with E-state index in [2.05, 4.69) is 5.32 Å². The smallest absolute Gasteiger partial charge is 0.320 e. The largest absolute Gasteiger partial charge is 0.480 e. The van der Waals surface area contributed by atoms with Gasteiger partial charge in [-0.15, -0.1) is 0 Å². The van der Waals surface area contributed by atoms with Crippen LogP contribution in [0.2, 0.25) is 0 Å². The van der Waals surface area contributed by atoms with Gasteiger partial charge in [0.25, 0.3) is 0 Å². The molecule has 7 heteroatoms. The molecule has 0 aromatic heterocycles. The monoisotopic (exact) mass is 262 g/mol. The molecule has 0 aliphatic heterocycles. The zero-order chi connectivity index (χ0) is 14.4. The highest BCUT2D eigenvalue weighted by molar-refractivity contribution is 5.84. The molecule has 7 nitrogen and oxygen atoms in total. The van der Waals surface area contributed by atoms with Gasteiger partial charge in [-0.05, 0) is 24.3 Å². The Bertz CT molecular complexity index is 507. The molecule has 1 unspecified atom stereocenters. The van der Waals surface area contributed by atoms with E-state index in [1.165, 1.54) is 0 Å². The number of benzene rings is 1. The molecule has 0 saturated carbocycles. The van der Waals surface area contributed by atoms with E-state index in [9.17, 15) is 9.59 Å². The molecule has 1 aromatic rings. The number of carbonyl (C=O) groups is 2. The number of carboxylic acids is 1. The van der Waals surface area contributed by atoms with Gasteiger partial charge in [0, 0.05) is 12.1 Å². The molecule has 0 saturated heterocycles. The fourth-order valence-corrected chi connectivity index (χ4v) is 1.44. The lowest BCUT2D eigenvalue weighted by Gasteiger charge is -2.18. The van der Waals surface area contributed by atoms with Gasteiger partial charge in [0.05, 0.1) is 11.6 Å². The molecule has 19 heavy (non-hydrogen) atoms. The first-order valence-electron chi connectivity index (χ1n) is 5.48. The standard InChI is InChI=1S/C12H14N4O3/c13-6-7-1-3-8(4-2-7)16-10(11(15)17)5-9(14)12(18)19/h1-4,9-10,16H,5,14H2,(H2,15,17)(H,18,19)/t9-,10?/m0/s1. The minimum Gasteiger partial charge on any atom is -0.480 e. The van der Waals surface area contributed by atoms with E-state index in [4.69, 9.17) is 21.8 Å². The third kappa shape index (κ3) is 4.29. The van der Waals surface area contributed by atoms with Crippen LogP contribution in [0.1, 0.15) is 12.0 Å². The van der Waals surface area contributed by atoms with Gasteiger partial charge in [0.2, 0.25) is 5.91 Å². The summed E-state index contributed by atoms with van der Waals surface area (Å²) >= 11 is 0. The van der Waals surface area contributed by atoms with Crippen LogP contribution < -0.4 is 16.8 Å². The van der Waals surface area contributed by atoms with Crippen molar-refractivity contribution in [3.63, 3.8) is 0 Å². The summed E-state index contributed by atoms with van der Waals surface area (Å²) in [5.41, 5.74) is 11.6. The Hall–Kier alpha value is -2.59. The fraction of sp³-hybridized carbons (Fsp3) is 0.250. The van der Waals surface area contributed by atoms with Crippen LogP contribution in [-0.4, -0.2) is 29.1 Å². The summed E-state index contributed by atoms with van der Waals surface area (Å²) in [7, 11) is 0. The van der Waals surface area contributed by atoms with E-state index >= 15 is 0 Å². The number of nitrogens with one attached hydrogen (secondary N) is 1. The Labute approximate surface area is 109 Å². The Morgan fingerprint density at radius 2 is 1.95 bits per heavy atom. The van der Waals surface area contributed by atoms with E-state index in [0.29, 0.717) is 11.3 Å². The lowest BCUT2D eigenvalue weighted by molar-refractivity contribution is -0.138. The molecule has 1 amide bonds. The summed E-state index contributed by atoms with van der Waals surface area (Å²) in [5.74, 6) is -1.89. The van der Waals surface area contributed by atoms with Crippen molar-refractivity contribution in [3.8, 4) is 6.07 Å². The van der Waals surface area contributed by atoms with Crippen LogP contribution in [0.25, 0.3) is 0 Å². The third-order valence-electron chi connectivity index (χ3n) is 2.51. The number of anilines is 1. The van der Waals surface area contributed by atoms with Gasteiger partial charge < -0.3 is 21.9 Å². The van der Waals surface area contributed by atoms with Gasteiger partial charge in [0.15, 0.2) is 0 Å². The van der Waals surface area contributed by atoms with Gasteiger partial charge in [-0.1, -0.05) is 0 Å². The maximum atomic E-state index is 11.2. The lowest BCUT2D eigenvalue weighted by atomic mass is 10.1. The SMILES string of the molecule is N#Cc1ccc(NC(C[C@H](N)C(=O)O)C(N)=O)cc1. The Morgan fingerprint density at radius 1 is 1.37 bits per heavy atom. The first-order valence-corrected chi connectivity index (χ1v) is 5.48. The van der Waals surface area contributed by atoms with Gasteiger partial charge in [-0.3, -0.25) is 9.59 Å². The van der Waals surface area contributed by atoms with Crippen LogP contribution in [0.4, 0.5) is 5.69 Å². The van der Waals surface area contributed by atoms with Gasteiger partial charge in [0.1, 0.15) is 12.1 Å². The molecule has 6 N–H and O–H groups in total. The van der Waals surface area contributed by atoms with E-state index in [0.717, 1.165) is 0 Å². The van der Waals surface area contributed by atoms with Crippen molar-refractivity contribution in [3.05, 3.63) is 29.8 Å². The highest BCUT2D eigenvalue weighted by atomic mass is 16.4. The Balaban J connectivity index is 2.75. The summed E-state index contributed by atoms with van der Waals surface area (Å²) in [6.45, 7) is 0. The predicted molar refractivity (Wildman–Crippen MR) is 68.0 cm³/mol. The van der Waals surface area contributed by atoms with Gasteiger partial charge in [-0.25, -0.2) is 0 Å². The minimum atomic E-state index is -1.20. The summed E-state index contributed by atoms with van der Waals surface area (Å²) in [6, 6.07) is 6.22. The van der Waals surface area contributed by atoms with E-state index in [1.807, 2.05) is 6.07 Å². The second kappa shape index (κ2) is 6.37. The summed E-state index contributed by atoms with van der Waals surface area (Å²) < 4.78 is 0. The topological polar surface area (TPSA) is 142 Å². The Kier molecular flexibility index (Phi) is 4.85. The number of nitriles is 1. The molecule has 0 fully saturated rings. The second-order valence-corrected chi connectivity index (χ2v) is 3.97. The number of amides is 1. The van der Waals surface area contributed by atoms with Crippen LogP contribution in [0.15, 0.2) is 24.3 Å². The average Bonchev–Trinajstić information content (AvgIpc) is 2.38. The molecule has 2 atom stereocenters. The van der Waals surface area contributed by atoms with Crippen molar-refractivity contribution in [2.24, 2.45) is 11.5 Å². The zero-order valence-corrected chi connectivity index (χ0v) is 10.0. The second-order valence-electron chi connectivity index (χ2n) is 3.97. The predicted octanol–water partition coefficient (Wildman–Crippen LogP) is -0.374. The number of hydrogen-bond donors (Lipinski definition) is 4. The quantitative estimate of drug-likeness (QED) is 0.550. The molecule has 100 valence electrons. The number of carbonyl (C=O) groups excluding carboxylic acids is 1. The van der Waals surface area contributed by atoms with Gasteiger partial charge in [-0.2, -0.15) is 5.26 Å². The molecule has 0 spiro atoms. The number of nitrogens with two attached hydrogens (primary N) is 2. The highest BCUT2D eigenvalue weighted by Gasteiger charge is 2.22. The number of hydrogen-bond acceptors (Lipinski definition) is 5. The molecule has 1 aromatic carbocycles. The first kappa shape index (κ1) is 14.5. The number of rotatable bonds is 6. The molecule has 0 aliphatic rings. The molecule has 0 radical (unpaired) electrons. The minimum absolute atomic E-state index is 0.120. The van der Waals surface area contributed by atoms with Crippen molar-refractivity contribution in [2.45, 2.75) is 18.5 Å². The van der Waals surface area contributed by atoms with E-state index in [-0.39, 0.29) is 6.42 Å². The van der Waals surface area contributed by atoms with Crippen LogP contribution >= 0.6 is 0 Å². The van der Waals surface area contributed by atoms with Crippen LogP contribution in [0, 0.1) is 11.3 Å². The van der Waals surface area contributed by atoms with Gasteiger partial charge >= 0.3 is 5.97 Å². The van der Waals surface area contributed by atoms with Crippen LogP contribution in [0.5, 0.6) is 0 Å². The number of nitrogens with zero attached hydrogens (tertiary/aromatic N) is 1. The zero-order valence-electron chi connectivity index (χ0n) is 10.0.